The Labute approximate surface area is 113 Å². The van der Waals surface area contributed by atoms with E-state index in [0.717, 1.165) is 17.7 Å². The van der Waals surface area contributed by atoms with E-state index >= 15 is 0 Å². The summed E-state index contributed by atoms with van der Waals surface area (Å²) < 4.78 is 15.9. The van der Waals surface area contributed by atoms with Gasteiger partial charge in [-0.2, -0.15) is 0 Å². The minimum Gasteiger partial charge on any atom is -0.486 e. The monoisotopic (exact) mass is 267 g/mol. The summed E-state index contributed by atoms with van der Waals surface area (Å²) in [5.41, 5.74) is 6.74. The number of ether oxygens (including phenoxy) is 3. The van der Waals surface area contributed by atoms with Crippen molar-refractivity contribution < 1.29 is 19.3 Å². The number of aliphatic hydroxyl groups is 1. The minimum absolute atomic E-state index is 0.0804. The van der Waals surface area contributed by atoms with E-state index in [4.69, 9.17) is 19.9 Å². The van der Waals surface area contributed by atoms with Gasteiger partial charge in [0.15, 0.2) is 11.5 Å². The molecule has 0 aliphatic carbocycles. The van der Waals surface area contributed by atoms with Gasteiger partial charge in [-0.3, -0.25) is 0 Å². The Kier molecular flexibility index (Phi) is 5.01. The van der Waals surface area contributed by atoms with Gasteiger partial charge in [-0.15, -0.1) is 0 Å². The second kappa shape index (κ2) is 6.75. The number of rotatable bonds is 6. The zero-order chi connectivity index (χ0) is 13.7. The highest BCUT2D eigenvalue weighted by atomic mass is 16.6. The van der Waals surface area contributed by atoms with Gasteiger partial charge >= 0.3 is 0 Å². The van der Waals surface area contributed by atoms with Crippen LogP contribution in [0, 0.1) is 0 Å². The van der Waals surface area contributed by atoms with E-state index < -0.39 is 6.10 Å². The molecule has 0 bridgehead atoms. The summed E-state index contributed by atoms with van der Waals surface area (Å²) >= 11 is 0. The Morgan fingerprint density at radius 3 is 2.79 bits per heavy atom. The number of methoxy groups -OCH3 is 1. The summed E-state index contributed by atoms with van der Waals surface area (Å²) in [6.07, 6.45) is 0.642. The molecule has 5 heteroatoms. The molecule has 1 heterocycles. The van der Waals surface area contributed by atoms with Gasteiger partial charge in [-0.05, 0) is 30.5 Å². The summed E-state index contributed by atoms with van der Waals surface area (Å²) in [6.45, 7) is 1.71. The van der Waals surface area contributed by atoms with Crippen molar-refractivity contribution in [3.05, 3.63) is 23.8 Å². The summed E-state index contributed by atoms with van der Waals surface area (Å²) in [5.74, 6) is 1.42. The molecule has 1 aliphatic heterocycles. The maximum atomic E-state index is 10.2. The second-order valence-corrected chi connectivity index (χ2v) is 4.70. The smallest absolute Gasteiger partial charge is 0.161 e. The van der Waals surface area contributed by atoms with Crippen molar-refractivity contribution >= 4 is 0 Å². The molecular formula is C14H21NO4. The van der Waals surface area contributed by atoms with Gasteiger partial charge in [0.25, 0.3) is 0 Å². The highest BCUT2D eigenvalue weighted by Gasteiger charge is 2.17. The summed E-state index contributed by atoms with van der Waals surface area (Å²) in [7, 11) is 1.64. The lowest BCUT2D eigenvalue weighted by Crippen LogP contribution is -2.24. The average Bonchev–Trinajstić information content (AvgIpc) is 2.44. The van der Waals surface area contributed by atoms with Gasteiger partial charge in [0.2, 0.25) is 0 Å². The van der Waals surface area contributed by atoms with Crippen LogP contribution < -0.4 is 15.2 Å². The quantitative estimate of drug-likeness (QED) is 0.811. The SMILES string of the molecule is COCCC(N)CC(O)c1ccc2c(c1)OCCO2. The molecule has 0 aromatic heterocycles. The molecule has 3 N–H and O–H groups in total. The standard InChI is InChI=1S/C14H21NO4/c1-17-5-4-11(15)9-12(16)10-2-3-13-14(8-10)19-7-6-18-13/h2-3,8,11-12,16H,4-7,9,15H2,1H3. The number of benzene rings is 1. The van der Waals surface area contributed by atoms with Gasteiger partial charge in [-0.1, -0.05) is 6.07 Å². The Balaban J connectivity index is 1.97. The van der Waals surface area contributed by atoms with Gasteiger partial charge in [0.1, 0.15) is 13.2 Å². The van der Waals surface area contributed by atoms with E-state index in [-0.39, 0.29) is 6.04 Å². The molecule has 0 radical (unpaired) electrons. The average molecular weight is 267 g/mol. The fourth-order valence-corrected chi connectivity index (χ4v) is 2.08. The first kappa shape index (κ1) is 14.1. The van der Waals surface area contributed by atoms with Crippen LogP contribution in [0.4, 0.5) is 0 Å². The fourth-order valence-electron chi connectivity index (χ4n) is 2.08. The summed E-state index contributed by atoms with van der Waals surface area (Å²) in [5, 5.41) is 10.2. The molecule has 19 heavy (non-hydrogen) atoms. The molecular weight excluding hydrogens is 246 g/mol. The highest BCUT2D eigenvalue weighted by Crippen LogP contribution is 2.33. The molecule has 5 nitrogen and oxygen atoms in total. The molecule has 2 unspecified atom stereocenters. The van der Waals surface area contributed by atoms with Crippen LogP contribution >= 0.6 is 0 Å². The topological polar surface area (TPSA) is 73.9 Å². The predicted octanol–water partition coefficient (Wildman–Crippen LogP) is 1.25. The largest absolute Gasteiger partial charge is 0.486 e. The lowest BCUT2D eigenvalue weighted by molar-refractivity contribution is 0.139. The Morgan fingerprint density at radius 1 is 1.32 bits per heavy atom. The number of fused-ring (bicyclic) bond motifs is 1. The number of aliphatic hydroxyl groups excluding tert-OH is 1. The first-order valence-electron chi connectivity index (χ1n) is 6.53. The van der Waals surface area contributed by atoms with Crippen LogP contribution in [0.25, 0.3) is 0 Å². The maximum absolute atomic E-state index is 10.2. The molecule has 0 amide bonds. The van der Waals surface area contributed by atoms with Gasteiger partial charge in [0, 0.05) is 19.8 Å². The van der Waals surface area contributed by atoms with Crippen LogP contribution in [0.2, 0.25) is 0 Å². The van der Waals surface area contributed by atoms with E-state index in [0.29, 0.717) is 32.0 Å². The van der Waals surface area contributed by atoms with Crippen molar-refractivity contribution in [3.63, 3.8) is 0 Å². The van der Waals surface area contributed by atoms with Gasteiger partial charge in [0.05, 0.1) is 6.10 Å². The van der Waals surface area contributed by atoms with E-state index in [9.17, 15) is 5.11 Å². The minimum atomic E-state index is -0.595. The molecule has 1 aliphatic rings. The zero-order valence-corrected chi connectivity index (χ0v) is 11.2. The van der Waals surface area contributed by atoms with E-state index in [2.05, 4.69) is 0 Å². The number of hydrogen-bond donors (Lipinski definition) is 2. The third-order valence-corrected chi connectivity index (χ3v) is 3.17. The first-order valence-corrected chi connectivity index (χ1v) is 6.53. The van der Waals surface area contributed by atoms with Crippen molar-refractivity contribution in [2.45, 2.75) is 25.0 Å². The van der Waals surface area contributed by atoms with E-state index in [1.807, 2.05) is 18.2 Å². The van der Waals surface area contributed by atoms with Crippen LogP contribution in [-0.2, 0) is 4.74 Å². The molecule has 2 rings (SSSR count). The van der Waals surface area contributed by atoms with Gasteiger partial charge in [-0.25, -0.2) is 0 Å². The number of hydrogen-bond acceptors (Lipinski definition) is 5. The first-order chi connectivity index (χ1) is 9.20. The third kappa shape index (κ3) is 3.83. The van der Waals surface area contributed by atoms with E-state index in [1.54, 1.807) is 7.11 Å². The molecule has 1 aromatic rings. The third-order valence-electron chi connectivity index (χ3n) is 3.17. The molecule has 1 aromatic carbocycles. The molecule has 106 valence electrons. The summed E-state index contributed by atoms with van der Waals surface area (Å²) in [6, 6.07) is 5.42. The summed E-state index contributed by atoms with van der Waals surface area (Å²) in [4.78, 5) is 0. The van der Waals surface area contributed by atoms with Crippen LogP contribution in [0.1, 0.15) is 24.5 Å². The fraction of sp³-hybridized carbons (Fsp3) is 0.571. The highest BCUT2D eigenvalue weighted by molar-refractivity contribution is 5.44. The van der Waals surface area contributed by atoms with Crippen molar-refractivity contribution in [2.24, 2.45) is 5.73 Å². The molecule has 0 saturated heterocycles. The molecule has 0 spiro atoms. The Hall–Kier alpha value is -1.30. The second-order valence-electron chi connectivity index (χ2n) is 4.70. The van der Waals surface area contributed by atoms with Crippen LogP contribution in [0.5, 0.6) is 11.5 Å². The van der Waals surface area contributed by atoms with Crippen LogP contribution in [0.3, 0.4) is 0 Å². The van der Waals surface area contributed by atoms with Crippen LogP contribution in [0.15, 0.2) is 18.2 Å². The molecule has 2 atom stereocenters. The zero-order valence-electron chi connectivity index (χ0n) is 11.2. The number of nitrogens with two attached hydrogens (primary N) is 1. The van der Waals surface area contributed by atoms with Crippen molar-refractivity contribution in [1.82, 2.24) is 0 Å². The Bertz CT molecular complexity index is 410. The molecule has 0 saturated carbocycles. The van der Waals surface area contributed by atoms with E-state index in [1.165, 1.54) is 0 Å². The lowest BCUT2D eigenvalue weighted by atomic mass is 10.0. The predicted molar refractivity (Wildman–Crippen MR) is 71.5 cm³/mol. The maximum Gasteiger partial charge on any atom is 0.161 e. The molecule has 0 fully saturated rings. The Morgan fingerprint density at radius 2 is 2.05 bits per heavy atom. The van der Waals surface area contributed by atoms with Crippen LogP contribution in [-0.4, -0.2) is 38.1 Å². The van der Waals surface area contributed by atoms with Crippen molar-refractivity contribution in [3.8, 4) is 11.5 Å². The lowest BCUT2D eigenvalue weighted by Gasteiger charge is -2.21. The normalized spacial score (nSPS) is 17.0. The van der Waals surface area contributed by atoms with Crippen molar-refractivity contribution in [2.75, 3.05) is 26.9 Å². The van der Waals surface area contributed by atoms with Gasteiger partial charge < -0.3 is 25.1 Å². The van der Waals surface area contributed by atoms with Crippen molar-refractivity contribution in [1.29, 1.82) is 0 Å².